The van der Waals surface area contributed by atoms with Crippen LogP contribution in [-0.4, -0.2) is 17.6 Å². The predicted octanol–water partition coefficient (Wildman–Crippen LogP) is 5.44. The molecule has 1 aliphatic heterocycles. The van der Waals surface area contributed by atoms with Crippen molar-refractivity contribution in [2.24, 2.45) is 0 Å². The van der Waals surface area contributed by atoms with E-state index in [4.69, 9.17) is 0 Å². The van der Waals surface area contributed by atoms with E-state index in [-0.39, 0.29) is 22.8 Å². The van der Waals surface area contributed by atoms with E-state index in [0.29, 0.717) is 22.6 Å². The summed E-state index contributed by atoms with van der Waals surface area (Å²) in [6, 6.07) is 14.0. The van der Waals surface area contributed by atoms with Crippen LogP contribution < -0.4 is 10.2 Å². The van der Waals surface area contributed by atoms with Gasteiger partial charge >= 0.3 is 0 Å². The van der Waals surface area contributed by atoms with Gasteiger partial charge in [-0.2, -0.15) is 0 Å². The highest BCUT2D eigenvalue weighted by Crippen LogP contribution is 2.42. The number of nitrogens with zero attached hydrogens (tertiary/aromatic N) is 1. The standard InChI is InChI=1S/C23H17F3N2O2S/c1-13-10-15(22(30)27-17-7-8-18(25)19(26)11-17)4-9-20(13)28-21(29)12-31-23(28)14-2-5-16(24)6-3-14/h2-11,23H,12H2,1H3,(H,27,30). The lowest BCUT2D eigenvalue weighted by Crippen LogP contribution is -2.28. The lowest BCUT2D eigenvalue weighted by molar-refractivity contribution is -0.115. The zero-order chi connectivity index (χ0) is 22.1. The highest BCUT2D eigenvalue weighted by Gasteiger charge is 2.34. The van der Waals surface area contributed by atoms with E-state index in [1.165, 1.54) is 30.0 Å². The monoisotopic (exact) mass is 442 g/mol. The molecule has 1 unspecified atom stereocenters. The van der Waals surface area contributed by atoms with Gasteiger partial charge in [0.25, 0.3) is 5.91 Å². The van der Waals surface area contributed by atoms with Crippen molar-refractivity contribution in [1.29, 1.82) is 0 Å². The molecule has 1 fully saturated rings. The third-order valence-electron chi connectivity index (χ3n) is 4.92. The van der Waals surface area contributed by atoms with Crippen LogP contribution in [0.3, 0.4) is 0 Å². The lowest BCUT2D eigenvalue weighted by Gasteiger charge is -2.26. The first kappa shape index (κ1) is 21.0. The number of halogens is 3. The zero-order valence-electron chi connectivity index (χ0n) is 16.4. The third kappa shape index (κ3) is 4.29. The maximum absolute atomic E-state index is 13.4. The van der Waals surface area contributed by atoms with Crippen LogP contribution in [0.25, 0.3) is 0 Å². The molecule has 3 aromatic carbocycles. The number of benzene rings is 3. The molecule has 4 rings (SSSR count). The SMILES string of the molecule is Cc1cc(C(=O)Nc2ccc(F)c(F)c2)ccc1N1C(=O)CSC1c1ccc(F)cc1. The summed E-state index contributed by atoms with van der Waals surface area (Å²) >= 11 is 1.44. The smallest absolute Gasteiger partial charge is 0.255 e. The molecule has 0 radical (unpaired) electrons. The largest absolute Gasteiger partial charge is 0.322 e. The van der Waals surface area contributed by atoms with E-state index < -0.39 is 17.5 Å². The molecule has 2 amide bonds. The van der Waals surface area contributed by atoms with Gasteiger partial charge in [-0.05, 0) is 60.5 Å². The highest BCUT2D eigenvalue weighted by molar-refractivity contribution is 8.00. The Balaban J connectivity index is 1.58. The van der Waals surface area contributed by atoms with Gasteiger partial charge in [0.05, 0.1) is 5.75 Å². The lowest BCUT2D eigenvalue weighted by atomic mass is 10.1. The van der Waals surface area contributed by atoms with Crippen LogP contribution in [0.4, 0.5) is 24.5 Å². The molecular weight excluding hydrogens is 425 g/mol. The summed E-state index contributed by atoms with van der Waals surface area (Å²) in [5, 5.41) is 2.23. The summed E-state index contributed by atoms with van der Waals surface area (Å²) in [6.07, 6.45) is 0. The fraction of sp³-hybridized carbons (Fsp3) is 0.130. The molecule has 0 aromatic heterocycles. The van der Waals surface area contributed by atoms with Crippen molar-refractivity contribution < 1.29 is 22.8 Å². The number of rotatable bonds is 4. The van der Waals surface area contributed by atoms with Crippen LogP contribution in [0.1, 0.15) is 26.9 Å². The van der Waals surface area contributed by atoms with Gasteiger partial charge in [-0.3, -0.25) is 14.5 Å². The van der Waals surface area contributed by atoms with Crippen molar-refractivity contribution in [1.82, 2.24) is 0 Å². The number of anilines is 2. The van der Waals surface area contributed by atoms with Crippen molar-refractivity contribution >= 4 is 35.0 Å². The van der Waals surface area contributed by atoms with Crippen LogP contribution in [0.15, 0.2) is 60.7 Å². The summed E-state index contributed by atoms with van der Waals surface area (Å²) < 4.78 is 39.7. The Kier molecular flexibility index (Phi) is 5.73. The molecule has 8 heteroatoms. The van der Waals surface area contributed by atoms with Crippen molar-refractivity contribution in [2.75, 3.05) is 16.0 Å². The summed E-state index contributed by atoms with van der Waals surface area (Å²) in [6.45, 7) is 1.78. The molecule has 158 valence electrons. The Morgan fingerprint density at radius 1 is 1.00 bits per heavy atom. The van der Waals surface area contributed by atoms with Crippen LogP contribution in [-0.2, 0) is 4.79 Å². The van der Waals surface area contributed by atoms with Crippen molar-refractivity contribution in [3.05, 3.63) is 94.8 Å². The quantitative estimate of drug-likeness (QED) is 0.585. The van der Waals surface area contributed by atoms with E-state index >= 15 is 0 Å². The van der Waals surface area contributed by atoms with Gasteiger partial charge in [-0.15, -0.1) is 11.8 Å². The molecule has 0 aliphatic carbocycles. The molecular formula is C23H17F3N2O2S. The molecule has 0 spiro atoms. The van der Waals surface area contributed by atoms with Crippen LogP contribution >= 0.6 is 11.8 Å². The Labute approximate surface area is 181 Å². The summed E-state index contributed by atoms with van der Waals surface area (Å²) in [7, 11) is 0. The van der Waals surface area contributed by atoms with Gasteiger partial charge in [0.2, 0.25) is 5.91 Å². The topological polar surface area (TPSA) is 49.4 Å². The minimum absolute atomic E-state index is 0.0820. The first-order chi connectivity index (χ1) is 14.8. The van der Waals surface area contributed by atoms with E-state index in [9.17, 15) is 22.8 Å². The molecule has 1 N–H and O–H groups in total. The van der Waals surface area contributed by atoms with Crippen molar-refractivity contribution in [3.63, 3.8) is 0 Å². The van der Waals surface area contributed by atoms with Gasteiger partial charge in [-0.25, -0.2) is 13.2 Å². The van der Waals surface area contributed by atoms with E-state index in [1.54, 1.807) is 42.2 Å². The first-order valence-electron chi connectivity index (χ1n) is 9.39. The third-order valence-corrected chi connectivity index (χ3v) is 6.13. The number of nitrogens with one attached hydrogen (secondary N) is 1. The van der Waals surface area contributed by atoms with E-state index in [0.717, 1.165) is 17.7 Å². The fourth-order valence-corrected chi connectivity index (χ4v) is 4.57. The Hall–Kier alpha value is -3.26. The molecule has 1 aliphatic rings. The van der Waals surface area contributed by atoms with Crippen molar-refractivity contribution in [3.8, 4) is 0 Å². The Bertz CT molecular complexity index is 1170. The molecule has 1 saturated heterocycles. The van der Waals surface area contributed by atoms with Gasteiger partial charge in [0, 0.05) is 23.0 Å². The highest BCUT2D eigenvalue weighted by atomic mass is 32.2. The van der Waals surface area contributed by atoms with Crippen LogP contribution in [0.5, 0.6) is 0 Å². The second-order valence-electron chi connectivity index (χ2n) is 7.06. The number of hydrogen-bond donors (Lipinski definition) is 1. The molecule has 1 atom stereocenters. The van der Waals surface area contributed by atoms with Gasteiger partial charge in [-0.1, -0.05) is 12.1 Å². The fourth-order valence-electron chi connectivity index (χ4n) is 3.40. The Morgan fingerprint density at radius 3 is 2.42 bits per heavy atom. The van der Waals surface area contributed by atoms with Gasteiger partial charge in [0.15, 0.2) is 11.6 Å². The second kappa shape index (κ2) is 8.47. The van der Waals surface area contributed by atoms with Crippen molar-refractivity contribution in [2.45, 2.75) is 12.3 Å². The number of carbonyl (C=O) groups excluding carboxylic acids is 2. The van der Waals surface area contributed by atoms with Gasteiger partial charge in [0.1, 0.15) is 11.2 Å². The van der Waals surface area contributed by atoms with Crippen LogP contribution in [0, 0.1) is 24.4 Å². The maximum atomic E-state index is 13.4. The Morgan fingerprint density at radius 2 is 1.74 bits per heavy atom. The number of aryl methyl sites for hydroxylation is 1. The molecule has 0 saturated carbocycles. The molecule has 1 heterocycles. The minimum Gasteiger partial charge on any atom is -0.322 e. The normalized spacial score (nSPS) is 15.9. The van der Waals surface area contributed by atoms with E-state index in [2.05, 4.69) is 5.32 Å². The molecule has 0 bridgehead atoms. The number of hydrogen-bond acceptors (Lipinski definition) is 3. The number of amides is 2. The second-order valence-corrected chi connectivity index (χ2v) is 8.13. The minimum atomic E-state index is -1.05. The summed E-state index contributed by atoms with van der Waals surface area (Å²) in [4.78, 5) is 26.8. The van der Waals surface area contributed by atoms with Crippen LogP contribution in [0.2, 0.25) is 0 Å². The van der Waals surface area contributed by atoms with E-state index in [1.807, 2.05) is 0 Å². The molecule has 31 heavy (non-hydrogen) atoms. The first-order valence-corrected chi connectivity index (χ1v) is 10.4. The average molecular weight is 442 g/mol. The molecule has 3 aromatic rings. The average Bonchev–Trinajstić information content (AvgIpc) is 3.12. The molecule has 4 nitrogen and oxygen atoms in total. The van der Waals surface area contributed by atoms with Gasteiger partial charge < -0.3 is 5.32 Å². The number of carbonyl (C=O) groups is 2. The summed E-state index contributed by atoms with van der Waals surface area (Å²) in [5.74, 6) is -2.68. The maximum Gasteiger partial charge on any atom is 0.255 e. The zero-order valence-corrected chi connectivity index (χ0v) is 17.2. The predicted molar refractivity (Wildman–Crippen MR) is 115 cm³/mol. The summed E-state index contributed by atoms with van der Waals surface area (Å²) in [5.41, 5.74) is 2.59. The number of thioether (sulfide) groups is 1.